The number of nitrogens with zero attached hydrogens (tertiary/aromatic N) is 1. The Hall–Kier alpha value is -2.46. The molecule has 3 heterocycles. The summed E-state index contributed by atoms with van der Waals surface area (Å²) in [5, 5.41) is 0.787. The van der Waals surface area contributed by atoms with Gasteiger partial charge in [-0.3, -0.25) is 9.00 Å². The van der Waals surface area contributed by atoms with Crippen molar-refractivity contribution < 1.29 is 18.2 Å². The second kappa shape index (κ2) is 8.50. The Bertz CT molecular complexity index is 1100. The minimum atomic E-state index is -2.35. The van der Waals surface area contributed by atoms with E-state index >= 15 is 0 Å². The Morgan fingerprint density at radius 3 is 3.00 bits per heavy atom. The first-order valence-corrected chi connectivity index (χ1v) is 10.5. The van der Waals surface area contributed by atoms with Crippen LogP contribution in [-0.4, -0.2) is 37.6 Å². The molecule has 154 valence electrons. The van der Waals surface area contributed by atoms with Gasteiger partial charge >= 0.3 is 0 Å². The number of H-pyrrole nitrogens is 1. The molecule has 0 saturated carbocycles. The summed E-state index contributed by atoms with van der Waals surface area (Å²) in [6.07, 6.45) is 5.32. The number of ether oxygens (including phenoxy) is 2. The van der Waals surface area contributed by atoms with Gasteiger partial charge in [-0.15, -0.1) is 0 Å². The molecule has 0 spiro atoms. The fourth-order valence-corrected chi connectivity index (χ4v) is 3.89. The number of pyridine rings is 1. The maximum atomic E-state index is 12.4. The van der Waals surface area contributed by atoms with E-state index in [0.29, 0.717) is 17.9 Å². The van der Waals surface area contributed by atoms with Gasteiger partial charge in [0, 0.05) is 60.4 Å². The van der Waals surface area contributed by atoms with Crippen molar-refractivity contribution in [3.05, 3.63) is 52.6 Å². The second-order valence-electron chi connectivity index (χ2n) is 7.07. The number of hydrogen-bond acceptors (Lipinski definition) is 5. The van der Waals surface area contributed by atoms with Crippen LogP contribution < -0.4 is 15.0 Å². The second-order valence-corrected chi connectivity index (χ2v) is 7.83. The SMILES string of the molecule is Cn1cc(-c2cc(CNS(=O)[O-])ccc2OC2CCCOC2)c2cc[nH]c2c1=O. The molecule has 0 amide bonds. The van der Waals surface area contributed by atoms with E-state index in [4.69, 9.17) is 9.47 Å². The van der Waals surface area contributed by atoms with Gasteiger partial charge in [-0.2, -0.15) is 0 Å². The molecule has 0 bridgehead atoms. The zero-order valence-electron chi connectivity index (χ0n) is 16.0. The highest BCUT2D eigenvalue weighted by Gasteiger charge is 2.20. The van der Waals surface area contributed by atoms with Crippen LogP contribution in [0, 0.1) is 0 Å². The Labute approximate surface area is 170 Å². The lowest BCUT2D eigenvalue weighted by Gasteiger charge is -2.25. The predicted octanol–water partition coefficient (Wildman–Crippen LogP) is 1.98. The minimum absolute atomic E-state index is 0.0464. The molecule has 0 radical (unpaired) electrons. The number of nitrogens with one attached hydrogen (secondary N) is 2. The largest absolute Gasteiger partial charge is 0.760 e. The number of aromatic amines is 1. The average Bonchev–Trinajstić information content (AvgIpc) is 3.21. The van der Waals surface area contributed by atoms with Crippen LogP contribution in [-0.2, 0) is 29.6 Å². The molecule has 2 aromatic heterocycles. The lowest BCUT2D eigenvalue weighted by atomic mass is 10.00. The van der Waals surface area contributed by atoms with Gasteiger partial charge in [0.25, 0.3) is 5.56 Å². The fourth-order valence-electron chi connectivity index (χ4n) is 3.61. The molecule has 8 nitrogen and oxygen atoms in total. The third-order valence-electron chi connectivity index (χ3n) is 5.03. The standard InChI is InChI=1S/C20H23N3O5S/c1-23-11-17(15-6-7-21-19(15)20(23)24)16-9-13(10-22-29(25)26)4-5-18(16)28-14-3-2-8-27-12-14/h4-7,9,11,14,21-22H,2-3,8,10,12H2,1H3,(H,25,26)/p-1. The molecule has 2 atom stereocenters. The highest BCUT2D eigenvalue weighted by molar-refractivity contribution is 7.77. The molecule has 1 fully saturated rings. The number of benzene rings is 1. The summed E-state index contributed by atoms with van der Waals surface area (Å²) < 4.78 is 37.5. The van der Waals surface area contributed by atoms with Crippen molar-refractivity contribution in [3.8, 4) is 16.9 Å². The number of aryl methyl sites for hydroxylation is 1. The third kappa shape index (κ3) is 4.27. The van der Waals surface area contributed by atoms with Crippen LogP contribution in [0.5, 0.6) is 5.75 Å². The maximum Gasteiger partial charge on any atom is 0.274 e. The Morgan fingerprint density at radius 2 is 2.24 bits per heavy atom. The monoisotopic (exact) mass is 416 g/mol. The van der Waals surface area contributed by atoms with Crippen LogP contribution in [0.3, 0.4) is 0 Å². The van der Waals surface area contributed by atoms with Crippen LogP contribution in [0.4, 0.5) is 0 Å². The molecule has 1 aliphatic heterocycles. The lowest BCUT2D eigenvalue weighted by molar-refractivity contribution is 0.00767. The molecule has 2 N–H and O–H groups in total. The van der Waals surface area contributed by atoms with Gasteiger partial charge in [-0.1, -0.05) is 6.07 Å². The highest BCUT2D eigenvalue weighted by Crippen LogP contribution is 2.36. The van der Waals surface area contributed by atoms with E-state index < -0.39 is 11.3 Å². The van der Waals surface area contributed by atoms with Crippen LogP contribution in [0.25, 0.3) is 22.0 Å². The van der Waals surface area contributed by atoms with Gasteiger partial charge in [0.15, 0.2) is 0 Å². The van der Waals surface area contributed by atoms with Crippen LogP contribution in [0.1, 0.15) is 18.4 Å². The van der Waals surface area contributed by atoms with Gasteiger partial charge in [-0.05, 0) is 36.6 Å². The first kappa shape index (κ1) is 19.8. The molecule has 29 heavy (non-hydrogen) atoms. The zero-order chi connectivity index (χ0) is 20.4. The average molecular weight is 416 g/mol. The smallest absolute Gasteiger partial charge is 0.274 e. The molecule has 3 aromatic rings. The van der Waals surface area contributed by atoms with Crippen molar-refractivity contribution in [3.63, 3.8) is 0 Å². The van der Waals surface area contributed by atoms with E-state index in [-0.39, 0.29) is 18.2 Å². The van der Waals surface area contributed by atoms with Crippen LogP contribution in [0.15, 0.2) is 41.5 Å². The predicted molar refractivity (Wildman–Crippen MR) is 109 cm³/mol. The summed E-state index contributed by atoms with van der Waals surface area (Å²) in [5.41, 5.74) is 2.82. The summed E-state index contributed by atoms with van der Waals surface area (Å²) in [6.45, 7) is 1.44. The summed E-state index contributed by atoms with van der Waals surface area (Å²) in [5.74, 6) is 0.675. The Morgan fingerprint density at radius 1 is 1.38 bits per heavy atom. The Balaban J connectivity index is 1.81. The number of fused-ring (bicyclic) bond motifs is 1. The normalized spacial score (nSPS) is 18.1. The van der Waals surface area contributed by atoms with Gasteiger partial charge in [0.2, 0.25) is 0 Å². The molecule has 4 rings (SSSR count). The summed E-state index contributed by atoms with van der Waals surface area (Å²) in [6, 6.07) is 7.43. The molecule has 9 heteroatoms. The molecule has 2 unspecified atom stereocenters. The Kier molecular flexibility index (Phi) is 5.81. The topological polar surface area (TPSA) is 108 Å². The first-order chi connectivity index (χ1) is 14.0. The number of rotatable bonds is 6. The lowest BCUT2D eigenvalue weighted by Crippen LogP contribution is -2.28. The number of hydrogen-bond donors (Lipinski definition) is 2. The summed E-state index contributed by atoms with van der Waals surface area (Å²) in [7, 11) is 1.70. The van der Waals surface area contributed by atoms with E-state index in [1.165, 1.54) is 4.57 Å². The maximum absolute atomic E-state index is 12.4. The fraction of sp³-hybridized carbons (Fsp3) is 0.350. The zero-order valence-corrected chi connectivity index (χ0v) is 16.8. The molecule has 0 aliphatic carbocycles. The quantitative estimate of drug-likeness (QED) is 0.598. The van der Waals surface area contributed by atoms with Crippen LogP contribution in [0.2, 0.25) is 0 Å². The van der Waals surface area contributed by atoms with Gasteiger partial charge in [-0.25, -0.2) is 4.72 Å². The molecular formula is C20H22N3O5S-. The van der Waals surface area contributed by atoms with Crippen molar-refractivity contribution in [2.75, 3.05) is 13.2 Å². The number of aromatic nitrogens is 2. The molecule has 1 aliphatic rings. The van der Waals surface area contributed by atoms with Crippen molar-refractivity contribution in [1.29, 1.82) is 0 Å². The van der Waals surface area contributed by atoms with Crippen molar-refractivity contribution >= 4 is 22.2 Å². The summed E-state index contributed by atoms with van der Waals surface area (Å²) in [4.78, 5) is 15.4. The van der Waals surface area contributed by atoms with Gasteiger partial charge < -0.3 is 23.6 Å². The van der Waals surface area contributed by atoms with Crippen LogP contribution >= 0.6 is 0 Å². The van der Waals surface area contributed by atoms with Gasteiger partial charge in [0.05, 0.1) is 6.61 Å². The van der Waals surface area contributed by atoms with E-state index in [1.807, 2.05) is 24.3 Å². The molecule has 1 saturated heterocycles. The highest BCUT2D eigenvalue weighted by atomic mass is 32.2. The van der Waals surface area contributed by atoms with Crippen molar-refractivity contribution in [1.82, 2.24) is 14.3 Å². The third-order valence-corrected chi connectivity index (χ3v) is 5.41. The van der Waals surface area contributed by atoms with E-state index in [1.54, 1.807) is 19.4 Å². The minimum Gasteiger partial charge on any atom is -0.760 e. The van der Waals surface area contributed by atoms with Gasteiger partial charge in [0.1, 0.15) is 17.4 Å². The summed E-state index contributed by atoms with van der Waals surface area (Å²) >= 11 is -2.35. The first-order valence-electron chi connectivity index (χ1n) is 9.40. The van der Waals surface area contributed by atoms with E-state index in [0.717, 1.165) is 41.5 Å². The molecular weight excluding hydrogens is 394 g/mol. The molecule has 1 aromatic carbocycles. The van der Waals surface area contributed by atoms with Crippen molar-refractivity contribution in [2.24, 2.45) is 7.05 Å². The van der Waals surface area contributed by atoms with E-state index in [9.17, 15) is 13.6 Å². The van der Waals surface area contributed by atoms with E-state index in [2.05, 4.69) is 9.71 Å². The van der Waals surface area contributed by atoms with Crippen molar-refractivity contribution in [2.45, 2.75) is 25.5 Å².